The van der Waals surface area contributed by atoms with Crippen LogP contribution in [0.2, 0.25) is 0 Å². The fraction of sp³-hybridized carbons (Fsp3) is 0.333. The summed E-state index contributed by atoms with van der Waals surface area (Å²) in [6.07, 6.45) is -0.0722. The number of aliphatic hydroxyl groups excluding tert-OH is 1. The molecule has 2 aromatic carbocycles. The maximum atomic E-state index is 10.6. The molecule has 0 fully saturated rings. The summed E-state index contributed by atoms with van der Waals surface area (Å²) in [5.41, 5.74) is 4.31. The minimum Gasteiger partial charge on any atom is -0.497 e. The Labute approximate surface area is 126 Å². The van der Waals surface area contributed by atoms with E-state index < -0.39 is 6.10 Å². The number of rotatable bonds is 5. The van der Waals surface area contributed by atoms with Crippen LogP contribution < -0.4 is 9.47 Å². The molecule has 0 spiro atoms. The Morgan fingerprint density at radius 1 is 1.00 bits per heavy atom. The Morgan fingerprint density at radius 3 is 2.24 bits per heavy atom. The fourth-order valence-corrected chi connectivity index (χ4v) is 2.57. The number of hydrogen-bond donors (Lipinski definition) is 1. The molecule has 3 nitrogen and oxygen atoms in total. The Morgan fingerprint density at radius 2 is 1.67 bits per heavy atom. The maximum Gasteiger partial charge on any atom is 0.124 e. The van der Waals surface area contributed by atoms with Gasteiger partial charge in [0.1, 0.15) is 11.5 Å². The van der Waals surface area contributed by atoms with Crippen molar-refractivity contribution in [3.8, 4) is 11.5 Å². The molecule has 2 rings (SSSR count). The van der Waals surface area contributed by atoms with Crippen LogP contribution in [0.5, 0.6) is 11.5 Å². The average molecular weight is 286 g/mol. The number of aliphatic hydroxyl groups is 1. The summed E-state index contributed by atoms with van der Waals surface area (Å²) in [7, 11) is 3.22. The van der Waals surface area contributed by atoms with E-state index in [0.717, 1.165) is 5.56 Å². The lowest BCUT2D eigenvalue weighted by Crippen LogP contribution is -2.07. The first kappa shape index (κ1) is 15.4. The molecule has 0 saturated carbocycles. The van der Waals surface area contributed by atoms with Crippen molar-refractivity contribution in [3.63, 3.8) is 0 Å². The van der Waals surface area contributed by atoms with Gasteiger partial charge in [-0.05, 0) is 48.7 Å². The molecule has 1 N–H and O–H groups in total. The van der Waals surface area contributed by atoms with Crippen molar-refractivity contribution in [2.24, 2.45) is 0 Å². The molecule has 0 heterocycles. The zero-order chi connectivity index (χ0) is 15.4. The Balaban J connectivity index is 2.33. The van der Waals surface area contributed by atoms with Gasteiger partial charge in [0.05, 0.1) is 20.3 Å². The molecule has 3 heteroatoms. The highest BCUT2D eigenvalue weighted by Gasteiger charge is 2.17. The normalized spacial score (nSPS) is 12.0. The zero-order valence-electron chi connectivity index (χ0n) is 13.0. The van der Waals surface area contributed by atoms with Crippen LogP contribution in [0.4, 0.5) is 0 Å². The summed E-state index contributed by atoms with van der Waals surface area (Å²) in [6, 6.07) is 11.6. The van der Waals surface area contributed by atoms with Crippen LogP contribution in [0, 0.1) is 13.8 Å². The Kier molecular flexibility index (Phi) is 4.86. The lowest BCUT2D eigenvalue weighted by molar-refractivity contribution is 0.173. The van der Waals surface area contributed by atoms with Gasteiger partial charge in [0.2, 0.25) is 0 Å². The predicted octanol–water partition coefficient (Wildman–Crippen LogP) is 3.60. The van der Waals surface area contributed by atoms with Gasteiger partial charge in [0.25, 0.3) is 0 Å². The molecule has 21 heavy (non-hydrogen) atoms. The SMILES string of the molecule is COc1ccc(OC)c(C(O)Cc2c(C)cccc2C)c1. The van der Waals surface area contributed by atoms with Crippen LogP contribution >= 0.6 is 0 Å². The molecule has 0 radical (unpaired) electrons. The Bertz CT molecular complexity index is 600. The van der Waals surface area contributed by atoms with Gasteiger partial charge in [-0.15, -0.1) is 0 Å². The largest absolute Gasteiger partial charge is 0.497 e. The third-order valence-corrected chi connectivity index (χ3v) is 3.84. The van der Waals surface area contributed by atoms with E-state index in [-0.39, 0.29) is 0 Å². The van der Waals surface area contributed by atoms with Crippen molar-refractivity contribution in [2.45, 2.75) is 26.4 Å². The molecule has 1 unspecified atom stereocenters. The summed E-state index contributed by atoms with van der Waals surface area (Å²) < 4.78 is 10.6. The third-order valence-electron chi connectivity index (χ3n) is 3.84. The summed E-state index contributed by atoms with van der Waals surface area (Å²) in [5, 5.41) is 10.6. The zero-order valence-corrected chi connectivity index (χ0v) is 13.0. The molecule has 0 aliphatic carbocycles. The highest BCUT2D eigenvalue weighted by molar-refractivity contribution is 5.43. The molecule has 0 aliphatic heterocycles. The van der Waals surface area contributed by atoms with E-state index >= 15 is 0 Å². The first-order chi connectivity index (χ1) is 10.1. The number of ether oxygens (including phenoxy) is 2. The number of benzene rings is 2. The summed E-state index contributed by atoms with van der Waals surface area (Å²) in [4.78, 5) is 0. The number of aryl methyl sites for hydroxylation is 2. The highest BCUT2D eigenvalue weighted by Crippen LogP contribution is 2.32. The predicted molar refractivity (Wildman–Crippen MR) is 84.1 cm³/mol. The first-order valence-corrected chi connectivity index (χ1v) is 7.02. The van der Waals surface area contributed by atoms with Crippen LogP contribution in [0.3, 0.4) is 0 Å². The third kappa shape index (κ3) is 3.37. The molecule has 0 saturated heterocycles. The van der Waals surface area contributed by atoms with Gasteiger partial charge >= 0.3 is 0 Å². The van der Waals surface area contributed by atoms with E-state index in [9.17, 15) is 5.11 Å². The van der Waals surface area contributed by atoms with Crippen LogP contribution in [0.15, 0.2) is 36.4 Å². The molecule has 112 valence electrons. The van der Waals surface area contributed by atoms with Gasteiger partial charge in [-0.25, -0.2) is 0 Å². The lowest BCUT2D eigenvalue weighted by atomic mass is 9.94. The molecule has 2 aromatic rings. The molecule has 0 amide bonds. The average Bonchev–Trinajstić information content (AvgIpc) is 2.50. The minimum atomic E-state index is -0.630. The molecule has 1 atom stereocenters. The van der Waals surface area contributed by atoms with E-state index in [1.165, 1.54) is 16.7 Å². The van der Waals surface area contributed by atoms with Gasteiger partial charge in [0.15, 0.2) is 0 Å². The monoisotopic (exact) mass is 286 g/mol. The summed E-state index contributed by atoms with van der Waals surface area (Å²) in [6.45, 7) is 4.13. The van der Waals surface area contributed by atoms with Gasteiger partial charge in [-0.2, -0.15) is 0 Å². The molecule has 0 aliphatic rings. The van der Waals surface area contributed by atoms with Crippen molar-refractivity contribution >= 4 is 0 Å². The van der Waals surface area contributed by atoms with E-state index in [4.69, 9.17) is 9.47 Å². The fourth-order valence-electron chi connectivity index (χ4n) is 2.57. The molecular weight excluding hydrogens is 264 g/mol. The van der Waals surface area contributed by atoms with E-state index in [1.54, 1.807) is 14.2 Å². The molecule has 0 aromatic heterocycles. The highest BCUT2D eigenvalue weighted by atomic mass is 16.5. The topological polar surface area (TPSA) is 38.7 Å². The summed E-state index contributed by atoms with van der Waals surface area (Å²) in [5.74, 6) is 1.39. The van der Waals surface area contributed by atoms with Gasteiger partial charge in [-0.1, -0.05) is 18.2 Å². The van der Waals surface area contributed by atoms with Crippen molar-refractivity contribution in [3.05, 3.63) is 58.7 Å². The first-order valence-electron chi connectivity index (χ1n) is 7.02. The smallest absolute Gasteiger partial charge is 0.124 e. The van der Waals surface area contributed by atoms with Gasteiger partial charge in [0, 0.05) is 12.0 Å². The second-order valence-electron chi connectivity index (χ2n) is 5.20. The van der Waals surface area contributed by atoms with Crippen molar-refractivity contribution in [2.75, 3.05) is 14.2 Å². The van der Waals surface area contributed by atoms with Crippen LogP contribution in [-0.4, -0.2) is 19.3 Å². The van der Waals surface area contributed by atoms with Crippen LogP contribution in [0.1, 0.15) is 28.4 Å². The molecular formula is C18H22O3. The van der Waals surface area contributed by atoms with Gasteiger partial charge < -0.3 is 14.6 Å². The second kappa shape index (κ2) is 6.64. The number of methoxy groups -OCH3 is 2. The van der Waals surface area contributed by atoms with E-state index in [0.29, 0.717) is 17.9 Å². The maximum absolute atomic E-state index is 10.6. The standard InChI is InChI=1S/C18H22O3/c1-12-6-5-7-13(2)15(12)11-17(19)16-10-14(20-3)8-9-18(16)21-4/h5-10,17,19H,11H2,1-4H3. The lowest BCUT2D eigenvalue weighted by Gasteiger charge is -2.18. The summed E-state index contributed by atoms with van der Waals surface area (Å²) >= 11 is 0. The minimum absolute atomic E-state index is 0.558. The molecule has 0 bridgehead atoms. The van der Waals surface area contributed by atoms with Crippen molar-refractivity contribution < 1.29 is 14.6 Å². The van der Waals surface area contributed by atoms with Crippen molar-refractivity contribution in [1.82, 2.24) is 0 Å². The van der Waals surface area contributed by atoms with Crippen LogP contribution in [0.25, 0.3) is 0 Å². The van der Waals surface area contributed by atoms with E-state index in [1.807, 2.05) is 24.3 Å². The van der Waals surface area contributed by atoms with Crippen LogP contribution in [-0.2, 0) is 6.42 Å². The number of hydrogen-bond acceptors (Lipinski definition) is 3. The van der Waals surface area contributed by atoms with E-state index in [2.05, 4.69) is 26.0 Å². The Hall–Kier alpha value is -2.00. The second-order valence-corrected chi connectivity index (χ2v) is 5.20. The quantitative estimate of drug-likeness (QED) is 0.912. The van der Waals surface area contributed by atoms with Gasteiger partial charge in [-0.3, -0.25) is 0 Å². The van der Waals surface area contributed by atoms with Crippen molar-refractivity contribution in [1.29, 1.82) is 0 Å².